The Labute approximate surface area is 170 Å². The molecule has 0 fully saturated rings. The average Bonchev–Trinajstić information content (AvgIpc) is 2.66. The van der Waals surface area contributed by atoms with Gasteiger partial charge in [-0.15, -0.1) is 0 Å². The van der Waals surface area contributed by atoms with Gasteiger partial charge in [0.15, 0.2) is 0 Å². The van der Waals surface area contributed by atoms with E-state index < -0.39 is 12.0 Å². The summed E-state index contributed by atoms with van der Waals surface area (Å²) in [4.78, 5) is 25.1. The van der Waals surface area contributed by atoms with Gasteiger partial charge in [0.2, 0.25) is 0 Å². The quantitative estimate of drug-likeness (QED) is 0.722. The summed E-state index contributed by atoms with van der Waals surface area (Å²) in [5.41, 5.74) is 3.57. The van der Waals surface area contributed by atoms with Crippen LogP contribution >= 0.6 is 0 Å². The summed E-state index contributed by atoms with van der Waals surface area (Å²) in [7, 11) is 0. The van der Waals surface area contributed by atoms with Gasteiger partial charge in [-0.25, -0.2) is 9.59 Å². The van der Waals surface area contributed by atoms with Crippen molar-refractivity contribution in [2.24, 2.45) is 0 Å². The van der Waals surface area contributed by atoms with E-state index in [1.807, 2.05) is 69.3 Å². The highest BCUT2D eigenvalue weighted by atomic mass is 16.5. The van der Waals surface area contributed by atoms with Gasteiger partial charge in [-0.1, -0.05) is 48.0 Å². The van der Waals surface area contributed by atoms with Gasteiger partial charge >= 0.3 is 12.0 Å². The van der Waals surface area contributed by atoms with Gasteiger partial charge in [0.1, 0.15) is 12.4 Å². The lowest BCUT2D eigenvalue weighted by Crippen LogP contribution is -2.45. The highest BCUT2D eigenvalue weighted by molar-refractivity contribution is 5.95. The molecule has 1 atom stereocenters. The van der Waals surface area contributed by atoms with Crippen LogP contribution in [0.15, 0.2) is 59.8 Å². The summed E-state index contributed by atoms with van der Waals surface area (Å²) in [5.74, 6) is 0.131. The molecule has 152 valence electrons. The fraction of sp³-hybridized carbons (Fsp3) is 0.304. The first kappa shape index (κ1) is 20.5. The van der Waals surface area contributed by atoms with Crippen LogP contribution in [0.25, 0.3) is 0 Å². The first-order valence-electron chi connectivity index (χ1n) is 9.61. The zero-order chi connectivity index (χ0) is 21.0. The van der Waals surface area contributed by atoms with Crippen LogP contribution in [0, 0.1) is 6.92 Å². The van der Waals surface area contributed by atoms with E-state index in [-0.39, 0.29) is 18.7 Å². The molecule has 6 nitrogen and oxygen atoms in total. The summed E-state index contributed by atoms with van der Waals surface area (Å²) < 4.78 is 11.4. The Hall–Kier alpha value is -3.28. The smallest absolute Gasteiger partial charge is 0.338 e. The predicted molar refractivity (Wildman–Crippen MR) is 110 cm³/mol. The van der Waals surface area contributed by atoms with Gasteiger partial charge in [-0.05, 0) is 39.3 Å². The van der Waals surface area contributed by atoms with Gasteiger partial charge in [0, 0.05) is 11.3 Å². The Balaban J connectivity index is 1.88. The van der Waals surface area contributed by atoms with E-state index in [4.69, 9.17) is 9.47 Å². The second kappa shape index (κ2) is 8.82. The lowest BCUT2D eigenvalue weighted by atomic mass is 9.94. The van der Waals surface area contributed by atoms with Crippen LogP contribution in [0.3, 0.4) is 0 Å². The number of benzene rings is 2. The van der Waals surface area contributed by atoms with Crippen molar-refractivity contribution < 1.29 is 19.1 Å². The standard InChI is InChI=1S/C23H26N2O4/c1-14(2)29-19-8-6-5-7-18(19)21-20(16(4)24-23(27)25-21)22(26)28-13-17-11-9-15(3)10-12-17/h5-12,14,21H,13H2,1-4H3,(H2,24,25,27). The predicted octanol–water partition coefficient (Wildman–Crippen LogP) is 4.15. The Morgan fingerprint density at radius 2 is 1.76 bits per heavy atom. The number of urea groups is 1. The number of ether oxygens (including phenoxy) is 2. The van der Waals surface area contributed by atoms with Crippen molar-refractivity contribution in [2.75, 3.05) is 0 Å². The largest absolute Gasteiger partial charge is 0.491 e. The van der Waals surface area contributed by atoms with Crippen molar-refractivity contribution in [3.05, 3.63) is 76.5 Å². The van der Waals surface area contributed by atoms with E-state index in [1.165, 1.54) is 0 Å². The summed E-state index contributed by atoms with van der Waals surface area (Å²) in [6.07, 6.45) is -0.0458. The molecule has 0 saturated carbocycles. The fourth-order valence-corrected chi connectivity index (χ4v) is 3.19. The van der Waals surface area contributed by atoms with Crippen LogP contribution in [-0.2, 0) is 16.1 Å². The summed E-state index contributed by atoms with van der Waals surface area (Å²) >= 11 is 0. The van der Waals surface area contributed by atoms with Crippen molar-refractivity contribution in [1.82, 2.24) is 10.6 Å². The zero-order valence-corrected chi connectivity index (χ0v) is 17.1. The maximum Gasteiger partial charge on any atom is 0.338 e. The molecule has 3 rings (SSSR count). The van der Waals surface area contributed by atoms with Gasteiger partial charge in [0.05, 0.1) is 17.7 Å². The summed E-state index contributed by atoms with van der Waals surface area (Å²) in [6, 6.07) is 14.1. The molecule has 1 aliphatic heterocycles. The third-order valence-corrected chi connectivity index (χ3v) is 4.57. The highest BCUT2D eigenvalue weighted by Gasteiger charge is 2.34. The molecule has 0 bridgehead atoms. The molecular weight excluding hydrogens is 368 g/mol. The number of carbonyl (C=O) groups is 2. The summed E-state index contributed by atoms with van der Waals surface area (Å²) in [5, 5.41) is 5.49. The SMILES string of the molecule is CC1=C(C(=O)OCc2ccc(C)cc2)C(c2ccccc2OC(C)C)NC(=O)N1. The Bertz CT molecular complexity index is 932. The molecule has 2 N–H and O–H groups in total. The number of carbonyl (C=O) groups excluding carboxylic acids is 2. The van der Waals surface area contributed by atoms with E-state index >= 15 is 0 Å². The Kier molecular flexibility index (Phi) is 6.22. The minimum Gasteiger partial charge on any atom is -0.491 e. The number of para-hydroxylation sites is 1. The number of allylic oxidation sites excluding steroid dienone is 1. The Morgan fingerprint density at radius 1 is 1.07 bits per heavy atom. The van der Waals surface area contributed by atoms with E-state index in [1.54, 1.807) is 6.92 Å². The van der Waals surface area contributed by atoms with Crippen molar-refractivity contribution in [1.29, 1.82) is 0 Å². The minimum absolute atomic E-state index is 0.0458. The minimum atomic E-state index is -0.663. The maximum absolute atomic E-state index is 13.0. The second-order valence-corrected chi connectivity index (χ2v) is 7.34. The van der Waals surface area contributed by atoms with Crippen LogP contribution in [0.5, 0.6) is 5.75 Å². The number of amides is 2. The number of hydrogen-bond donors (Lipinski definition) is 2. The third kappa shape index (κ3) is 4.96. The van der Waals surface area contributed by atoms with Crippen LogP contribution in [0.1, 0.15) is 43.5 Å². The highest BCUT2D eigenvalue weighted by Crippen LogP contribution is 2.34. The molecule has 2 aromatic rings. The van der Waals surface area contributed by atoms with E-state index in [2.05, 4.69) is 10.6 Å². The average molecular weight is 394 g/mol. The number of esters is 1. The van der Waals surface area contributed by atoms with Crippen molar-refractivity contribution in [2.45, 2.75) is 46.4 Å². The second-order valence-electron chi connectivity index (χ2n) is 7.34. The summed E-state index contributed by atoms with van der Waals surface area (Å²) in [6.45, 7) is 7.70. The molecule has 0 aliphatic carbocycles. The van der Waals surface area contributed by atoms with E-state index in [0.717, 1.165) is 11.1 Å². The number of nitrogens with one attached hydrogen (secondary N) is 2. The van der Waals surface area contributed by atoms with E-state index in [0.29, 0.717) is 22.6 Å². The first-order chi connectivity index (χ1) is 13.8. The molecule has 0 saturated heterocycles. The molecule has 1 heterocycles. The van der Waals surface area contributed by atoms with Gasteiger partial charge in [0.25, 0.3) is 0 Å². The Morgan fingerprint density at radius 3 is 2.45 bits per heavy atom. The van der Waals surface area contributed by atoms with Crippen molar-refractivity contribution in [3.63, 3.8) is 0 Å². The number of aryl methyl sites for hydroxylation is 1. The molecule has 1 aliphatic rings. The monoisotopic (exact) mass is 394 g/mol. The molecule has 0 radical (unpaired) electrons. The fourth-order valence-electron chi connectivity index (χ4n) is 3.19. The lowest BCUT2D eigenvalue weighted by Gasteiger charge is -2.29. The normalized spacial score (nSPS) is 16.3. The van der Waals surface area contributed by atoms with Crippen LogP contribution < -0.4 is 15.4 Å². The molecule has 29 heavy (non-hydrogen) atoms. The van der Waals surface area contributed by atoms with Gasteiger partial charge in [-0.2, -0.15) is 0 Å². The van der Waals surface area contributed by atoms with Crippen molar-refractivity contribution >= 4 is 12.0 Å². The molecule has 0 aromatic heterocycles. The molecule has 6 heteroatoms. The van der Waals surface area contributed by atoms with Crippen LogP contribution in [-0.4, -0.2) is 18.1 Å². The third-order valence-electron chi connectivity index (χ3n) is 4.57. The maximum atomic E-state index is 13.0. The molecule has 2 amide bonds. The van der Waals surface area contributed by atoms with E-state index in [9.17, 15) is 9.59 Å². The molecule has 0 spiro atoms. The van der Waals surface area contributed by atoms with Gasteiger partial charge in [-0.3, -0.25) is 0 Å². The topological polar surface area (TPSA) is 76.7 Å². The lowest BCUT2D eigenvalue weighted by molar-refractivity contribution is -0.140. The van der Waals surface area contributed by atoms with Gasteiger partial charge < -0.3 is 20.1 Å². The zero-order valence-electron chi connectivity index (χ0n) is 17.1. The number of hydrogen-bond acceptors (Lipinski definition) is 4. The first-order valence-corrected chi connectivity index (χ1v) is 9.61. The van der Waals surface area contributed by atoms with Crippen LogP contribution in [0.2, 0.25) is 0 Å². The van der Waals surface area contributed by atoms with Crippen molar-refractivity contribution in [3.8, 4) is 5.75 Å². The molecular formula is C23H26N2O4. The molecule has 1 unspecified atom stereocenters. The van der Waals surface area contributed by atoms with Crippen LogP contribution in [0.4, 0.5) is 4.79 Å². The number of rotatable bonds is 6. The molecule has 2 aromatic carbocycles.